The standard InChI is InChI=1S/C21H24N4O4S/c1-3-30(27,28)23-14-4-5-18(25-10-21(11-25)12-29-13-21)16(8-14)17-9-24(2)20(26)19-15(17)6-7-22-19/h4-9,22-23H,3,10-13H2,1-2H3/i2D3. The van der Waals surface area contributed by atoms with Crippen LogP contribution in [0.4, 0.5) is 11.4 Å². The van der Waals surface area contributed by atoms with Gasteiger partial charge in [-0.25, -0.2) is 8.42 Å². The molecule has 0 bridgehead atoms. The number of benzene rings is 1. The Balaban J connectivity index is 1.70. The molecule has 2 N–H and O–H groups in total. The number of fused-ring (bicyclic) bond motifs is 1. The topological polar surface area (TPSA) is 96.4 Å². The number of ether oxygens (including phenoxy) is 1. The van der Waals surface area contributed by atoms with Crippen LogP contribution in [-0.2, 0) is 21.7 Å². The summed E-state index contributed by atoms with van der Waals surface area (Å²) in [6.07, 6.45) is 2.93. The fourth-order valence-corrected chi connectivity index (χ4v) is 4.84. The van der Waals surface area contributed by atoms with Gasteiger partial charge in [-0.15, -0.1) is 0 Å². The molecule has 4 heterocycles. The predicted octanol–water partition coefficient (Wildman–Crippen LogP) is 2.13. The van der Waals surface area contributed by atoms with E-state index in [4.69, 9.17) is 8.85 Å². The number of hydrogen-bond donors (Lipinski definition) is 2. The molecule has 30 heavy (non-hydrogen) atoms. The average Bonchev–Trinajstić information content (AvgIpc) is 3.16. The van der Waals surface area contributed by atoms with Gasteiger partial charge in [0, 0.05) is 64.5 Å². The van der Waals surface area contributed by atoms with Crippen molar-refractivity contribution in [2.45, 2.75) is 6.92 Å². The lowest BCUT2D eigenvalue weighted by Crippen LogP contribution is -2.66. The first kappa shape index (κ1) is 16.0. The van der Waals surface area contributed by atoms with Crippen LogP contribution in [0.15, 0.2) is 41.5 Å². The maximum Gasteiger partial charge on any atom is 0.274 e. The van der Waals surface area contributed by atoms with Gasteiger partial charge in [0.25, 0.3) is 5.56 Å². The summed E-state index contributed by atoms with van der Waals surface area (Å²) < 4.78 is 56.5. The van der Waals surface area contributed by atoms with Gasteiger partial charge in [-0.2, -0.15) is 0 Å². The van der Waals surface area contributed by atoms with E-state index < -0.39 is 22.6 Å². The van der Waals surface area contributed by atoms with Crippen molar-refractivity contribution in [1.29, 1.82) is 0 Å². The van der Waals surface area contributed by atoms with Crippen LogP contribution in [0.2, 0.25) is 0 Å². The lowest BCUT2D eigenvalue weighted by Gasteiger charge is -2.56. The molecule has 2 aliphatic heterocycles. The van der Waals surface area contributed by atoms with Crippen molar-refractivity contribution in [3.8, 4) is 11.1 Å². The average molecular weight is 432 g/mol. The molecule has 0 amide bonds. The van der Waals surface area contributed by atoms with E-state index in [-0.39, 0.29) is 16.7 Å². The molecule has 158 valence electrons. The van der Waals surface area contributed by atoms with Gasteiger partial charge in [0.2, 0.25) is 10.0 Å². The molecule has 2 fully saturated rings. The lowest BCUT2D eigenvalue weighted by molar-refractivity contribution is -0.127. The first-order chi connectivity index (χ1) is 15.5. The molecule has 0 atom stereocenters. The number of hydrogen-bond acceptors (Lipinski definition) is 5. The molecular formula is C21H24N4O4S. The summed E-state index contributed by atoms with van der Waals surface area (Å²) in [7, 11) is -3.51. The van der Waals surface area contributed by atoms with Gasteiger partial charge in [0.1, 0.15) is 5.52 Å². The van der Waals surface area contributed by atoms with Crippen molar-refractivity contribution in [2.24, 2.45) is 12.4 Å². The molecule has 2 saturated heterocycles. The summed E-state index contributed by atoms with van der Waals surface area (Å²) in [5.74, 6) is -0.0787. The maximum absolute atomic E-state index is 12.8. The Hall–Kier alpha value is -2.78. The molecule has 2 aromatic heterocycles. The van der Waals surface area contributed by atoms with Crippen LogP contribution in [0.5, 0.6) is 0 Å². The summed E-state index contributed by atoms with van der Waals surface area (Å²) in [5, 5.41) is 0.569. The van der Waals surface area contributed by atoms with Gasteiger partial charge < -0.3 is 19.2 Å². The minimum absolute atomic E-state index is 0.0787. The highest BCUT2D eigenvalue weighted by molar-refractivity contribution is 7.92. The Morgan fingerprint density at radius 1 is 1.27 bits per heavy atom. The van der Waals surface area contributed by atoms with Crippen molar-refractivity contribution in [3.63, 3.8) is 0 Å². The number of aromatic nitrogens is 2. The number of rotatable bonds is 5. The number of nitrogens with zero attached hydrogens (tertiary/aromatic N) is 2. The summed E-state index contributed by atoms with van der Waals surface area (Å²) in [5.41, 5.74) is 2.06. The third-order valence-electron chi connectivity index (χ3n) is 5.88. The molecule has 0 aliphatic carbocycles. The van der Waals surface area contributed by atoms with E-state index in [1.54, 1.807) is 31.3 Å². The molecule has 1 aromatic carbocycles. The monoisotopic (exact) mass is 431 g/mol. The molecule has 3 aromatic rings. The van der Waals surface area contributed by atoms with E-state index in [1.165, 1.54) is 6.20 Å². The molecular weight excluding hydrogens is 404 g/mol. The van der Waals surface area contributed by atoms with Crippen molar-refractivity contribution in [3.05, 3.63) is 47.0 Å². The molecule has 0 unspecified atom stereocenters. The highest BCUT2D eigenvalue weighted by Crippen LogP contribution is 2.45. The zero-order valence-electron chi connectivity index (χ0n) is 19.4. The van der Waals surface area contributed by atoms with Gasteiger partial charge in [-0.1, -0.05) is 0 Å². The van der Waals surface area contributed by atoms with Crippen LogP contribution in [0, 0.1) is 5.41 Å². The quantitative estimate of drug-likeness (QED) is 0.645. The molecule has 8 nitrogen and oxygen atoms in total. The zero-order valence-corrected chi connectivity index (χ0v) is 17.3. The Morgan fingerprint density at radius 3 is 2.73 bits per heavy atom. The molecule has 2 aliphatic rings. The van der Waals surface area contributed by atoms with Crippen LogP contribution in [0.25, 0.3) is 22.0 Å². The second-order valence-electron chi connectivity index (χ2n) is 8.07. The number of pyridine rings is 1. The summed E-state index contributed by atoms with van der Waals surface area (Å²) >= 11 is 0. The van der Waals surface area contributed by atoms with Crippen LogP contribution in [-0.4, -0.2) is 50.0 Å². The van der Waals surface area contributed by atoms with Crippen LogP contribution in [0.1, 0.15) is 11.0 Å². The van der Waals surface area contributed by atoms with E-state index in [1.807, 2.05) is 6.07 Å². The Bertz CT molecular complexity index is 1400. The van der Waals surface area contributed by atoms with E-state index in [2.05, 4.69) is 14.6 Å². The summed E-state index contributed by atoms with van der Waals surface area (Å²) in [6, 6.07) is 6.95. The lowest BCUT2D eigenvalue weighted by atomic mass is 9.77. The van der Waals surface area contributed by atoms with E-state index in [0.717, 1.165) is 23.3 Å². The predicted molar refractivity (Wildman–Crippen MR) is 118 cm³/mol. The second-order valence-corrected chi connectivity index (χ2v) is 10.1. The van der Waals surface area contributed by atoms with Crippen molar-refractivity contribution >= 4 is 32.3 Å². The number of anilines is 2. The first-order valence-electron chi connectivity index (χ1n) is 11.2. The highest BCUT2D eigenvalue weighted by Gasteiger charge is 2.49. The number of nitrogens with one attached hydrogen (secondary N) is 2. The Morgan fingerprint density at radius 2 is 2.07 bits per heavy atom. The number of aryl methyl sites for hydroxylation is 1. The number of H-pyrrole nitrogens is 1. The normalized spacial score (nSPS) is 19.6. The molecule has 1 spiro atoms. The van der Waals surface area contributed by atoms with Crippen molar-refractivity contribution < 1.29 is 17.3 Å². The minimum Gasteiger partial charge on any atom is -0.380 e. The van der Waals surface area contributed by atoms with Crippen LogP contribution >= 0.6 is 0 Å². The largest absolute Gasteiger partial charge is 0.380 e. The second kappa shape index (κ2) is 6.61. The van der Waals surface area contributed by atoms with Gasteiger partial charge in [0.15, 0.2) is 0 Å². The zero-order chi connectivity index (χ0) is 23.6. The van der Waals surface area contributed by atoms with Crippen LogP contribution < -0.4 is 15.2 Å². The number of aromatic amines is 1. The summed E-state index contributed by atoms with van der Waals surface area (Å²) in [4.78, 5) is 17.8. The van der Waals surface area contributed by atoms with Gasteiger partial charge in [-0.05, 0) is 31.2 Å². The highest BCUT2D eigenvalue weighted by atomic mass is 32.2. The SMILES string of the molecule is [2H]C([2H])([2H])n1cc(-c2cc(NS(=O)(=O)CC)ccc2N2CC3(COC3)C2)c2cc[nH]c2c1=O. The molecule has 5 rings (SSSR count). The van der Waals surface area contributed by atoms with Gasteiger partial charge >= 0.3 is 0 Å². The van der Waals surface area contributed by atoms with Crippen molar-refractivity contribution in [2.75, 3.05) is 41.7 Å². The van der Waals surface area contributed by atoms with Crippen LogP contribution in [0.3, 0.4) is 0 Å². The fraction of sp³-hybridized carbons (Fsp3) is 0.381. The minimum atomic E-state index is -3.51. The molecule has 0 radical (unpaired) electrons. The molecule has 0 saturated carbocycles. The van der Waals surface area contributed by atoms with E-state index >= 15 is 0 Å². The summed E-state index contributed by atoms with van der Waals surface area (Å²) in [6.45, 7) is 1.87. The maximum atomic E-state index is 12.8. The fourth-order valence-electron chi connectivity index (χ4n) is 4.21. The van der Waals surface area contributed by atoms with Crippen molar-refractivity contribution in [1.82, 2.24) is 9.55 Å². The van der Waals surface area contributed by atoms with Gasteiger partial charge in [-0.3, -0.25) is 9.52 Å². The Labute approximate surface area is 178 Å². The smallest absolute Gasteiger partial charge is 0.274 e. The third kappa shape index (κ3) is 3.00. The third-order valence-corrected chi connectivity index (χ3v) is 7.18. The first-order valence-corrected chi connectivity index (χ1v) is 11.4. The van der Waals surface area contributed by atoms with E-state index in [9.17, 15) is 13.2 Å². The van der Waals surface area contributed by atoms with E-state index in [0.29, 0.717) is 35.4 Å². The molecule has 9 heteroatoms. The Kier molecular flexibility index (Phi) is 3.52. The number of sulfonamides is 1. The van der Waals surface area contributed by atoms with Gasteiger partial charge in [0.05, 0.1) is 24.4 Å².